The van der Waals surface area contributed by atoms with E-state index in [9.17, 15) is 0 Å². The summed E-state index contributed by atoms with van der Waals surface area (Å²) in [5.74, 6) is 2.59. The standard InChI is InChI=1S/C16H25BrN2S/c1-2-7-18-16(14-4-3-5-15(17)13-14)6-8-19-9-11-20-12-10-19/h3-5,13,16,18H,2,6-12H2,1H3. The molecule has 0 aromatic heterocycles. The SMILES string of the molecule is CCCNC(CCN1CCSCC1)c1cccc(Br)c1. The molecule has 0 aliphatic carbocycles. The van der Waals surface area contributed by atoms with Crippen LogP contribution in [0, 0.1) is 0 Å². The molecule has 1 saturated heterocycles. The Morgan fingerprint density at radius 2 is 2.15 bits per heavy atom. The highest BCUT2D eigenvalue weighted by Gasteiger charge is 2.15. The maximum absolute atomic E-state index is 3.70. The number of halogens is 1. The molecule has 1 N–H and O–H groups in total. The van der Waals surface area contributed by atoms with Gasteiger partial charge in [0.1, 0.15) is 0 Å². The van der Waals surface area contributed by atoms with Crippen LogP contribution in [-0.2, 0) is 0 Å². The summed E-state index contributed by atoms with van der Waals surface area (Å²) in [5, 5.41) is 3.70. The van der Waals surface area contributed by atoms with E-state index in [0.29, 0.717) is 6.04 Å². The van der Waals surface area contributed by atoms with Crippen molar-refractivity contribution in [3.05, 3.63) is 34.3 Å². The van der Waals surface area contributed by atoms with E-state index in [1.807, 2.05) is 0 Å². The molecule has 2 nitrogen and oxygen atoms in total. The molecule has 1 heterocycles. The highest BCUT2D eigenvalue weighted by Crippen LogP contribution is 2.22. The monoisotopic (exact) mass is 356 g/mol. The third kappa shape index (κ3) is 5.40. The van der Waals surface area contributed by atoms with Crippen molar-refractivity contribution in [2.45, 2.75) is 25.8 Å². The lowest BCUT2D eigenvalue weighted by Gasteiger charge is -2.28. The van der Waals surface area contributed by atoms with Crippen molar-refractivity contribution >= 4 is 27.7 Å². The van der Waals surface area contributed by atoms with Crippen molar-refractivity contribution in [3.8, 4) is 0 Å². The van der Waals surface area contributed by atoms with Gasteiger partial charge < -0.3 is 10.2 Å². The molecule has 0 radical (unpaired) electrons. The summed E-state index contributed by atoms with van der Waals surface area (Å²) in [6.07, 6.45) is 2.38. The summed E-state index contributed by atoms with van der Waals surface area (Å²) >= 11 is 5.67. The summed E-state index contributed by atoms with van der Waals surface area (Å²) < 4.78 is 1.17. The van der Waals surface area contributed by atoms with Gasteiger partial charge in [-0.25, -0.2) is 0 Å². The molecule has 1 atom stereocenters. The van der Waals surface area contributed by atoms with Crippen molar-refractivity contribution in [1.29, 1.82) is 0 Å². The Balaban J connectivity index is 1.92. The minimum atomic E-state index is 0.474. The number of benzene rings is 1. The van der Waals surface area contributed by atoms with Crippen LogP contribution >= 0.6 is 27.7 Å². The van der Waals surface area contributed by atoms with E-state index < -0.39 is 0 Å². The van der Waals surface area contributed by atoms with Gasteiger partial charge in [-0.1, -0.05) is 35.0 Å². The van der Waals surface area contributed by atoms with Crippen LogP contribution < -0.4 is 5.32 Å². The fourth-order valence-corrected chi connectivity index (χ4v) is 3.96. The highest BCUT2D eigenvalue weighted by molar-refractivity contribution is 9.10. The van der Waals surface area contributed by atoms with Crippen LogP contribution in [0.3, 0.4) is 0 Å². The first-order chi connectivity index (χ1) is 9.79. The van der Waals surface area contributed by atoms with Crippen LogP contribution in [0.1, 0.15) is 31.4 Å². The normalized spacial score (nSPS) is 18.1. The number of thioether (sulfide) groups is 1. The average Bonchev–Trinajstić information content (AvgIpc) is 2.48. The fraction of sp³-hybridized carbons (Fsp3) is 0.625. The Hall–Kier alpha value is -0.0300. The average molecular weight is 357 g/mol. The van der Waals surface area contributed by atoms with E-state index in [1.54, 1.807) is 0 Å². The Bertz CT molecular complexity index is 394. The molecule has 1 aliphatic rings. The molecule has 0 bridgehead atoms. The van der Waals surface area contributed by atoms with E-state index in [1.165, 1.54) is 54.0 Å². The van der Waals surface area contributed by atoms with E-state index in [0.717, 1.165) is 6.54 Å². The molecule has 112 valence electrons. The van der Waals surface area contributed by atoms with E-state index in [2.05, 4.69) is 69.1 Å². The smallest absolute Gasteiger partial charge is 0.0332 e. The van der Waals surface area contributed by atoms with Crippen molar-refractivity contribution < 1.29 is 0 Å². The van der Waals surface area contributed by atoms with Gasteiger partial charge in [-0.3, -0.25) is 0 Å². The van der Waals surface area contributed by atoms with Gasteiger partial charge in [0.2, 0.25) is 0 Å². The molecule has 1 aliphatic heterocycles. The van der Waals surface area contributed by atoms with Gasteiger partial charge in [-0.15, -0.1) is 0 Å². The first-order valence-corrected chi connectivity index (χ1v) is 9.53. The van der Waals surface area contributed by atoms with E-state index >= 15 is 0 Å². The molecular weight excluding hydrogens is 332 g/mol. The lowest BCUT2D eigenvalue weighted by molar-refractivity contribution is 0.281. The number of rotatable bonds is 7. The summed E-state index contributed by atoms with van der Waals surface area (Å²) in [6.45, 7) is 7.03. The van der Waals surface area contributed by atoms with Crippen molar-refractivity contribution in [3.63, 3.8) is 0 Å². The molecular formula is C16H25BrN2S. The zero-order valence-corrected chi connectivity index (χ0v) is 14.7. The molecule has 0 saturated carbocycles. The molecule has 4 heteroatoms. The second-order valence-electron chi connectivity index (χ2n) is 5.30. The molecule has 1 fully saturated rings. The number of hydrogen-bond acceptors (Lipinski definition) is 3. The number of nitrogens with zero attached hydrogens (tertiary/aromatic N) is 1. The maximum Gasteiger partial charge on any atom is 0.0332 e. The fourth-order valence-electron chi connectivity index (χ4n) is 2.56. The van der Waals surface area contributed by atoms with Crippen LogP contribution in [0.4, 0.5) is 0 Å². The van der Waals surface area contributed by atoms with Crippen LogP contribution in [0.15, 0.2) is 28.7 Å². The molecule has 2 rings (SSSR count). The maximum atomic E-state index is 3.70. The Morgan fingerprint density at radius 1 is 1.35 bits per heavy atom. The predicted molar refractivity (Wildman–Crippen MR) is 93.6 cm³/mol. The first kappa shape index (κ1) is 16.3. The van der Waals surface area contributed by atoms with Gasteiger partial charge in [0.25, 0.3) is 0 Å². The zero-order valence-electron chi connectivity index (χ0n) is 12.3. The van der Waals surface area contributed by atoms with E-state index in [-0.39, 0.29) is 0 Å². The molecule has 1 aromatic rings. The van der Waals surface area contributed by atoms with Crippen LogP contribution in [-0.4, -0.2) is 42.6 Å². The summed E-state index contributed by atoms with van der Waals surface area (Å²) in [4.78, 5) is 2.61. The minimum absolute atomic E-state index is 0.474. The lowest BCUT2D eigenvalue weighted by atomic mass is 10.0. The largest absolute Gasteiger partial charge is 0.310 e. The summed E-state index contributed by atoms with van der Waals surface area (Å²) in [7, 11) is 0. The van der Waals surface area contributed by atoms with Gasteiger partial charge in [-0.05, 0) is 37.1 Å². The Labute approximate surface area is 135 Å². The highest BCUT2D eigenvalue weighted by atomic mass is 79.9. The second kappa shape index (κ2) is 9.08. The molecule has 20 heavy (non-hydrogen) atoms. The molecule has 1 unspecified atom stereocenters. The van der Waals surface area contributed by atoms with Crippen molar-refractivity contribution in [1.82, 2.24) is 10.2 Å². The van der Waals surface area contributed by atoms with Gasteiger partial charge >= 0.3 is 0 Å². The predicted octanol–water partition coefficient (Wildman–Crippen LogP) is 3.93. The molecule has 0 amide bonds. The number of hydrogen-bond donors (Lipinski definition) is 1. The lowest BCUT2D eigenvalue weighted by Crippen LogP contribution is -2.35. The topological polar surface area (TPSA) is 15.3 Å². The van der Waals surface area contributed by atoms with Gasteiger partial charge in [0.15, 0.2) is 0 Å². The van der Waals surface area contributed by atoms with Gasteiger partial charge in [-0.2, -0.15) is 11.8 Å². The van der Waals surface area contributed by atoms with Gasteiger partial charge in [0, 0.05) is 41.7 Å². The van der Waals surface area contributed by atoms with Gasteiger partial charge in [0.05, 0.1) is 0 Å². The van der Waals surface area contributed by atoms with Crippen LogP contribution in [0.2, 0.25) is 0 Å². The summed E-state index contributed by atoms with van der Waals surface area (Å²) in [6, 6.07) is 9.20. The minimum Gasteiger partial charge on any atom is -0.310 e. The molecule has 0 spiro atoms. The van der Waals surface area contributed by atoms with Crippen LogP contribution in [0.25, 0.3) is 0 Å². The van der Waals surface area contributed by atoms with Crippen molar-refractivity contribution in [2.24, 2.45) is 0 Å². The summed E-state index contributed by atoms with van der Waals surface area (Å²) in [5.41, 5.74) is 1.40. The zero-order chi connectivity index (χ0) is 14.2. The van der Waals surface area contributed by atoms with Crippen LogP contribution in [0.5, 0.6) is 0 Å². The second-order valence-corrected chi connectivity index (χ2v) is 7.44. The quantitative estimate of drug-likeness (QED) is 0.796. The number of nitrogens with one attached hydrogen (secondary N) is 1. The Kier molecular flexibility index (Phi) is 7.42. The third-order valence-electron chi connectivity index (χ3n) is 3.73. The Morgan fingerprint density at radius 3 is 2.85 bits per heavy atom. The van der Waals surface area contributed by atoms with E-state index in [4.69, 9.17) is 0 Å². The van der Waals surface area contributed by atoms with Crippen molar-refractivity contribution in [2.75, 3.05) is 37.7 Å². The third-order valence-corrected chi connectivity index (χ3v) is 5.17. The molecule has 1 aromatic carbocycles. The first-order valence-electron chi connectivity index (χ1n) is 7.58.